The minimum Gasteiger partial charge on any atom is -0.389 e. The average Bonchev–Trinajstić information content (AvgIpc) is 2.36. The molecule has 0 bridgehead atoms. The zero-order valence-electron chi connectivity index (χ0n) is 9.77. The van der Waals surface area contributed by atoms with Crippen LogP contribution in [0.2, 0.25) is 0 Å². The Kier molecular flexibility index (Phi) is 3.93. The molecule has 3 nitrogen and oxygen atoms in total. The highest BCUT2D eigenvalue weighted by Crippen LogP contribution is 2.27. The molecule has 1 heterocycles. The lowest BCUT2D eigenvalue weighted by Gasteiger charge is -2.09. The number of anilines is 2. The molecule has 3 N–H and O–H groups in total. The number of nitrogens with one attached hydrogen (secondary N) is 1. The van der Waals surface area contributed by atoms with Crippen molar-refractivity contribution in [1.82, 2.24) is 4.98 Å². The average molecular weight is 322 g/mol. The standard InChI is InChI=1S/C13H12BrN3S/c1-8-3-2-4-10(12(8)14)17-11-6-5-9(7-16-11)13(15)18/h2-7H,1H3,(H2,15,18)(H,16,17). The van der Waals surface area contributed by atoms with Gasteiger partial charge in [0.2, 0.25) is 0 Å². The molecule has 1 aromatic carbocycles. The number of nitrogens with zero attached hydrogens (tertiary/aromatic N) is 1. The molecule has 5 heteroatoms. The van der Waals surface area contributed by atoms with E-state index in [-0.39, 0.29) is 0 Å². The van der Waals surface area contributed by atoms with Gasteiger partial charge in [-0.15, -0.1) is 0 Å². The number of nitrogens with two attached hydrogens (primary N) is 1. The molecule has 2 aromatic rings. The Morgan fingerprint density at radius 1 is 1.33 bits per heavy atom. The quantitative estimate of drug-likeness (QED) is 0.849. The molecular weight excluding hydrogens is 310 g/mol. The van der Waals surface area contributed by atoms with Gasteiger partial charge in [0.15, 0.2) is 0 Å². The maximum atomic E-state index is 5.52. The van der Waals surface area contributed by atoms with E-state index in [9.17, 15) is 0 Å². The Bertz CT molecular complexity index is 581. The van der Waals surface area contributed by atoms with Crippen molar-refractivity contribution >= 4 is 44.6 Å². The molecule has 0 saturated carbocycles. The topological polar surface area (TPSA) is 50.9 Å². The largest absolute Gasteiger partial charge is 0.389 e. The lowest BCUT2D eigenvalue weighted by Crippen LogP contribution is -2.09. The summed E-state index contributed by atoms with van der Waals surface area (Å²) < 4.78 is 1.03. The van der Waals surface area contributed by atoms with Crippen LogP contribution in [-0.4, -0.2) is 9.97 Å². The molecule has 0 aliphatic carbocycles. The van der Waals surface area contributed by atoms with E-state index in [2.05, 4.69) is 26.2 Å². The van der Waals surface area contributed by atoms with Gasteiger partial charge in [-0.25, -0.2) is 4.98 Å². The lowest BCUT2D eigenvalue weighted by atomic mass is 10.2. The van der Waals surface area contributed by atoms with Gasteiger partial charge in [-0.05, 0) is 46.6 Å². The monoisotopic (exact) mass is 321 g/mol. The third-order valence-corrected chi connectivity index (χ3v) is 3.79. The Morgan fingerprint density at radius 3 is 2.72 bits per heavy atom. The van der Waals surface area contributed by atoms with Crippen LogP contribution in [0.3, 0.4) is 0 Å². The van der Waals surface area contributed by atoms with Gasteiger partial charge in [-0.1, -0.05) is 24.4 Å². The van der Waals surface area contributed by atoms with Crippen LogP contribution >= 0.6 is 28.1 Å². The van der Waals surface area contributed by atoms with Gasteiger partial charge in [-0.3, -0.25) is 0 Å². The Labute approximate surface area is 120 Å². The van der Waals surface area contributed by atoms with Crippen molar-refractivity contribution in [2.45, 2.75) is 6.92 Å². The number of aromatic nitrogens is 1. The van der Waals surface area contributed by atoms with Gasteiger partial charge < -0.3 is 11.1 Å². The number of pyridine rings is 1. The van der Waals surface area contributed by atoms with E-state index >= 15 is 0 Å². The van der Waals surface area contributed by atoms with Crippen LogP contribution in [0.4, 0.5) is 11.5 Å². The van der Waals surface area contributed by atoms with Crippen molar-refractivity contribution in [1.29, 1.82) is 0 Å². The second-order valence-electron chi connectivity index (χ2n) is 3.86. The van der Waals surface area contributed by atoms with Crippen LogP contribution in [0.5, 0.6) is 0 Å². The fourth-order valence-corrected chi connectivity index (χ4v) is 1.98. The van der Waals surface area contributed by atoms with Crippen LogP contribution in [0, 0.1) is 6.92 Å². The number of benzene rings is 1. The summed E-state index contributed by atoms with van der Waals surface area (Å²) in [6.07, 6.45) is 1.66. The summed E-state index contributed by atoms with van der Waals surface area (Å²) in [6.45, 7) is 2.04. The molecule has 18 heavy (non-hydrogen) atoms. The number of hydrogen-bond acceptors (Lipinski definition) is 3. The summed E-state index contributed by atoms with van der Waals surface area (Å²) in [5.74, 6) is 0.751. The zero-order chi connectivity index (χ0) is 13.1. The number of thiocarbonyl (C=S) groups is 1. The molecule has 0 aliphatic rings. The summed E-state index contributed by atoms with van der Waals surface area (Å²) in [7, 11) is 0. The normalized spacial score (nSPS) is 10.1. The first-order chi connectivity index (χ1) is 8.58. The fourth-order valence-electron chi connectivity index (χ4n) is 1.50. The molecule has 0 unspecified atom stereocenters. The van der Waals surface area contributed by atoms with Gasteiger partial charge in [0.05, 0.1) is 5.69 Å². The highest BCUT2D eigenvalue weighted by atomic mass is 79.9. The SMILES string of the molecule is Cc1cccc(Nc2ccc(C(N)=S)cn2)c1Br. The second kappa shape index (κ2) is 5.46. The van der Waals surface area contributed by atoms with Gasteiger partial charge in [0, 0.05) is 16.2 Å². The summed E-state index contributed by atoms with van der Waals surface area (Å²) >= 11 is 8.43. The molecule has 92 valence electrons. The van der Waals surface area contributed by atoms with Crippen molar-refractivity contribution < 1.29 is 0 Å². The van der Waals surface area contributed by atoms with E-state index in [1.807, 2.05) is 37.3 Å². The maximum Gasteiger partial charge on any atom is 0.130 e. The molecular formula is C13H12BrN3S. The van der Waals surface area contributed by atoms with Crippen LogP contribution in [0.1, 0.15) is 11.1 Å². The number of aryl methyl sites for hydroxylation is 1. The Balaban J connectivity index is 2.24. The number of rotatable bonds is 3. The van der Waals surface area contributed by atoms with E-state index in [1.165, 1.54) is 5.56 Å². The highest BCUT2D eigenvalue weighted by Gasteiger charge is 2.03. The van der Waals surface area contributed by atoms with Crippen molar-refractivity contribution in [2.75, 3.05) is 5.32 Å². The molecule has 0 radical (unpaired) electrons. The molecule has 2 rings (SSSR count). The first kappa shape index (κ1) is 13.0. The minimum atomic E-state index is 0.353. The summed E-state index contributed by atoms with van der Waals surface area (Å²) in [4.78, 5) is 4.62. The Hall–Kier alpha value is -1.46. The van der Waals surface area contributed by atoms with E-state index in [4.69, 9.17) is 18.0 Å². The molecule has 0 fully saturated rings. The predicted octanol–water partition coefficient (Wildman–Crippen LogP) is 3.53. The third kappa shape index (κ3) is 2.86. The minimum absolute atomic E-state index is 0.353. The van der Waals surface area contributed by atoms with Crippen LogP contribution in [0.25, 0.3) is 0 Å². The smallest absolute Gasteiger partial charge is 0.130 e. The summed E-state index contributed by atoms with van der Waals surface area (Å²) in [6, 6.07) is 9.72. The molecule has 0 saturated heterocycles. The summed E-state index contributed by atoms with van der Waals surface area (Å²) in [5.41, 5.74) is 8.43. The van der Waals surface area contributed by atoms with Crippen molar-refractivity contribution in [3.8, 4) is 0 Å². The van der Waals surface area contributed by atoms with E-state index < -0.39 is 0 Å². The fraction of sp³-hybridized carbons (Fsp3) is 0.0769. The predicted molar refractivity (Wildman–Crippen MR) is 82.3 cm³/mol. The lowest BCUT2D eigenvalue weighted by molar-refractivity contribution is 1.29. The van der Waals surface area contributed by atoms with Crippen LogP contribution in [0.15, 0.2) is 41.0 Å². The Morgan fingerprint density at radius 2 is 2.11 bits per heavy atom. The van der Waals surface area contributed by atoms with Crippen molar-refractivity contribution in [3.63, 3.8) is 0 Å². The first-order valence-corrected chi connectivity index (χ1v) is 6.56. The zero-order valence-corrected chi connectivity index (χ0v) is 12.2. The molecule has 1 aromatic heterocycles. The third-order valence-electron chi connectivity index (χ3n) is 2.50. The number of halogens is 1. The second-order valence-corrected chi connectivity index (χ2v) is 5.09. The molecule has 0 atom stereocenters. The van der Waals surface area contributed by atoms with Crippen molar-refractivity contribution in [2.24, 2.45) is 5.73 Å². The van der Waals surface area contributed by atoms with Gasteiger partial charge in [0.25, 0.3) is 0 Å². The maximum absolute atomic E-state index is 5.52. The van der Waals surface area contributed by atoms with Crippen LogP contribution < -0.4 is 11.1 Å². The molecule has 0 amide bonds. The van der Waals surface area contributed by atoms with E-state index in [0.717, 1.165) is 21.5 Å². The number of hydrogen-bond donors (Lipinski definition) is 2. The first-order valence-electron chi connectivity index (χ1n) is 5.36. The molecule has 0 spiro atoms. The van der Waals surface area contributed by atoms with Gasteiger partial charge in [-0.2, -0.15) is 0 Å². The van der Waals surface area contributed by atoms with Crippen LogP contribution in [-0.2, 0) is 0 Å². The van der Waals surface area contributed by atoms with Gasteiger partial charge >= 0.3 is 0 Å². The molecule has 0 aliphatic heterocycles. The summed E-state index contributed by atoms with van der Waals surface area (Å²) in [5, 5.41) is 3.24. The van der Waals surface area contributed by atoms with E-state index in [0.29, 0.717) is 4.99 Å². The van der Waals surface area contributed by atoms with Gasteiger partial charge in [0.1, 0.15) is 10.8 Å². The van der Waals surface area contributed by atoms with E-state index in [1.54, 1.807) is 6.20 Å². The highest BCUT2D eigenvalue weighted by molar-refractivity contribution is 9.10. The van der Waals surface area contributed by atoms with Crippen molar-refractivity contribution in [3.05, 3.63) is 52.1 Å².